The molecule has 1 unspecified atom stereocenters. The number of ketones is 1. The number of nitrogens with zero attached hydrogens (tertiary/aromatic N) is 1. The van der Waals surface area contributed by atoms with Crippen molar-refractivity contribution in [1.82, 2.24) is 4.90 Å². The molecule has 0 radical (unpaired) electrons. The Hall–Kier alpha value is -5.29. The number of rotatable bonds is 15. The second kappa shape index (κ2) is 20.0. The van der Waals surface area contributed by atoms with Gasteiger partial charge in [0.05, 0.1) is 7.11 Å². The van der Waals surface area contributed by atoms with Gasteiger partial charge in [-0.05, 0) is 116 Å². The summed E-state index contributed by atoms with van der Waals surface area (Å²) in [5, 5.41) is 0.647. The highest BCUT2D eigenvalue weighted by molar-refractivity contribution is 7.22. The van der Waals surface area contributed by atoms with Crippen molar-refractivity contribution < 1.29 is 61.6 Å². The van der Waals surface area contributed by atoms with E-state index in [-0.39, 0.29) is 16.6 Å². The Bertz CT molecular complexity index is 2280. The molecule has 16 heteroatoms. The smallest absolute Gasteiger partial charge is 0.339 e. The van der Waals surface area contributed by atoms with Crippen LogP contribution < -0.4 is 13.9 Å². The normalized spacial score (nSPS) is 20.6. The van der Waals surface area contributed by atoms with Gasteiger partial charge in [-0.2, -0.15) is 0 Å². The number of thiophene rings is 1. The van der Waals surface area contributed by atoms with Crippen molar-refractivity contribution in [1.29, 1.82) is 0 Å². The van der Waals surface area contributed by atoms with Crippen molar-refractivity contribution in [2.24, 2.45) is 0 Å². The minimum Gasteiger partial charge on any atom is -0.544 e. The average Bonchev–Trinajstić information content (AvgIpc) is 3.61. The Balaban J connectivity index is 1.35. The Morgan fingerprint density at radius 2 is 1.35 bits per heavy atom. The zero-order valence-electron chi connectivity index (χ0n) is 37.4. The summed E-state index contributed by atoms with van der Waals surface area (Å²) in [6.45, 7) is 17.8. The third-order valence-corrected chi connectivity index (χ3v) is 17.1. The lowest BCUT2D eigenvalue weighted by molar-refractivity contribution is -0.282. The molecule has 2 fully saturated rings. The van der Waals surface area contributed by atoms with Gasteiger partial charge in [-0.25, -0.2) is 4.79 Å². The Kier molecular flexibility index (Phi) is 15.0. The van der Waals surface area contributed by atoms with Gasteiger partial charge in [0.15, 0.2) is 24.1 Å². The number of fused-ring (bicyclic) bond motifs is 1. The SMILES string of the molecule is COC(=O)C1O[C@@H](Oc2ccc3c(C(=O)c4ccc(OCCN5CCCCC5)cc4)c(-c4ccc(O[Si](C)(C)C(C)(C)C)cc4)sc3c2)[C@H](OC(C)=O)[C@@H](OC(C)=O)[C@@H]1OC(C)=O. The molecule has 3 heterocycles. The van der Waals surface area contributed by atoms with Crippen LogP contribution in [0.1, 0.15) is 76.7 Å². The number of carbonyl (C=O) groups is 5. The molecule has 4 aromatic rings. The maximum atomic E-state index is 14.6. The molecule has 2 aliphatic heterocycles. The largest absolute Gasteiger partial charge is 0.544 e. The minimum atomic E-state index is -2.13. The van der Waals surface area contributed by atoms with E-state index < -0.39 is 62.9 Å². The minimum absolute atomic E-state index is 0.00306. The summed E-state index contributed by atoms with van der Waals surface area (Å²) in [4.78, 5) is 67.7. The first-order valence-electron chi connectivity index (χ1n) is 21.1. The quantitative estimate of drug-likeness (QED) is 0.0487. The van der Waals surface area contributed by atoms with Crippen LogP contribution >= 0.6 is 11.3 Å². The topological polar surface area (TPSA) is 162 Å². The molecule has 5 atom stereocenters. The molecule has 0 aliphatic carbocycles. The molecular weight excluding hydrogens is 847 g/mol. The summed E-state index contributed by atoms with van der Waals surface area (Å²) < 4.78 is 47.0. The average molecular weight is 904 g/mol. The third kappa shape index (κ3) is 11.5. The standard InChI is InChI=1S/C47H57NO13SSi/c1-28(49)56-40-41(57-29(2)50)43(58-30(3)51)46(60-42(40)45(53)54-7)59-35-21-22-36-37(27-35)62-44(32-15-19-34(20-16-32)61-63(8,9)47(4,5)6)38(36)39(52)31-13-17-33(18-14-31)55-26-25-48-23-11-10-12-24-48/h13-22,27,40-43,46H,10-12,23-26H2,1-9H3/t40-,41-,42?,43+,46+/m0/s1. The second-order valence-electron chi connectivity index (χ2n) is 17.2. The van der Waals surface area contributed by atoms with E-state index in [1.54, 1.807) is 30.3 Å². The molecule has 0 bridgehead atoms. The fourth-order valence-electron chi connectivity index (χ4n) is 7.33. The van der Waals surface area contributed by atoms with E-state index in [2.05, 4.69) is 38.8 Å². The zero-order valence-corrected chi connectivity index (χ0v) is 39.2. The second-order valence-corrected chi connectivity index (χ2v) is 23.0. The fourth-order valence-corrected chi connectivity index (χ4v) is 9.60. The lowest BCUT2D eigenvalue weighted by Gasteiger charge is -2.43. The molecule has 63 heavy (non-hydrogen) atoms. The predicted molar refractivity (Wildman–Crippen MR) is 239 cm³/mol. The zero-order chi connectivity index (χ0) is 45.6. The van der Waals surface area contributed by atoms with Crippen LogP contribution in [0, 0.1) is 0 Å². The van der Waals surface area contributed by atoms with Gasteiger partial charge in [-0.3, -0.25) is 24.1 Å². The molecule has 2 aliphatic rings. The van der Waals surface area contributed by atoms with Crippen LogP contribution in [-0.2, 0) is 42.9 Å². The van der Waals surface area contributed by atoms with E-state index >= 15 is 0 Å². The van der Waals surface area contributed by atoms with Crippen LogP contribution in [0.5, 0.6) is 17.2 Å². The molecule has 1 aromatic heterocycles. The molecular formula is C47H57NO13SSi. The van der Waals surface area contributed by atoms with Crippen LogP contribution in [0.4, 0.5) is 0 Å². The van der Waals surface area contributed by atoms with Crippen molar-refractivity contribution in [3.63, 3.8) is 0 Å². The van der Waals surface area contributed by atoms with E-state index in [9.17, 15) is 24.0 Å². The number of hydrogen-bond donors (Lipinski definition) is 0. The summed E-state index contributed by atoms with van der Waals surface area (Å²) in [6.07, 6.45) is -4.05. The number of piperidine rings is 1. The summed E-state index contributed by atoms with van der Waals surface area (Å²) in [5.41, 5.74) is 1.76. The highest BCUT2D eigenvalue weighted by atomic mass is 32.1. The maximum Gasteiger partial charge on any atom is 0.339 e. The van der Waals surface area contributed by atoms with Crippen LogP contribution in [0.2, 0.25) is 18.1 Å². The Morgan fingerprint density at radius 1 is 0.762 bits per heavy atom. The Morgan fingerprint density at radius 3 is 1.95 bits per heavy atom. The van der Waals surface area contributed by atoms with Gasteiger partial charge < -0.3 is 37.6 Å². The summed E-state index contributed by atoms with van der Waals surface area (Å²) in [5.74, 6) is -1.92. The van der Waals surface area contributed by atoms with Gasteiger partial charge in [0.2, 0.25) is 20.7 Å². The number of likely N-dealkylation sites (tertiary alicyclic amines) is 1. The van der Waals surface area contributed by atoms with Gasteiger partial charge in [0, 0.05) is 53.4 Å². The number of methoxy groups -OCH3 is 1. The van der Waals surface area contributed by atoms with Crippen molar-refractivity contribution in [2.45, 2.75) is 110 Å². The molecule has 0 N–H and O–H groups in total. The van der Waals surface area contributed by atoms with E-state index in [0.29, 0.717) is 38.4 Å². The molecule has 14 nitrogen and oxygen atoms in total. The lowest BCUT2D eigenvalue weighted by atomic mass is 9.97. The van der Waals surface area contributed by atoms with Crippen molar-refractivity contribution in [2.75, 3.05) is 33.4 Å². The van der Waals surface area contributed by atoms with Gasteiger partial charge in [0.25, 0.3) is 0 Å². The first-order chi connectivity index (χ1) is 29.8. The van der Waals surface area contributed by atoms with Crippen LogP contribution in [0.3, 0.4) is 0 Å². The first-order valence-corrected chi connectivity index (χ1v) is 24.8. The van der Waals surface area contributed by atoms with Gasteiger partial charge >= 0.3 is 23.9 Å². The third-order valence-electron chi connectivity index (χ3n) is 11.5. The summed E-state index contributed by atoms with van der Waals surface area (Å²) >= 11 is 1.37. The predicted octanol–water partition coefficient (Wildman–Crippen LogP) is 8.12. The monoisotopic (exact) mass is 903 g/mol. The molecule has 338 valence electrons. The molecule has 3 aromatic carbocycles. The molecule has 6 rings (SSSR count). The van der Waals surface area contributed by atoms with E-state index in [1.807, 2.05) is 36.4 Å². The number of ether oxygens (including phenoxy) is 7. The van der Waals surface area contributed by atoms with Crippen molar-refractivity contribution in [3.05, 3.63) is 77.9 Å². The van der Waals surface area contributed by atoms with Crippen molar-refractivity contribution in [3.8, 4) is 27.7 Å². The molecule has 0 amide bonds. The highest BCUT2D eigenvalue weighted by Gasteiger charge is 2.56. The lowest BCUT2D eigenvalue weighted by Crippen LogP contribution is -2.64. The van der Waals surface area contributed by atoms with Gasteiger partial charge in [-0.15, -0.1) is 11.3 Å². The van der Waals surface area contributed by atoms with E-state index in [4.69, 9.17) is 37.6 Å². The number of benzene rings is 3. The fraction of sp³-hybridized carbons (Fsp3) is 0.468. The first kappa shape index (κ1) is 47.2. The van der Waals surface area contributed by atoms with Crippen LogP contribution in [0.25, 0.3) is 20.5 Å². The number of carbonyl (C=O) groups excluding carboxylic acids is 5. The number of esters is 4. The molecule has 0 spiro atoms. The molecule has 0 saturated carbocycles. The maximum absolute atomic E-state index is 14.6. The van der Waals surface area contributed by atoms with Gasteiger partial charge in [-0.1, -0.05) is 27.2 Å². The number of hydrogen-bond acceptors (Lipinski definition) is 15. The van der Waals surface area contributed by atoms with Crippen molar-refractivity contribution >= 4 is 59.4 Å². The van der Waals surface area contributed by atoms with E-state index in [1.165, 1.54) is 30.6 Å². The summed E-state index contributed by atoms with van der Waals surface area (Å²) in [7, 11) is -1.02. The summed E-state index contributed by atoms with van der Waals surface area (Å²) in [6, 6.07) is 20.0. The molecule has 2 saturated heterocycles. The highest BCUT2D eigenvalue weighted by Crippen LogP contribution is 2.43. The van der Waals surface area contributed by atoms with Crippen LogP contribution in [0.15, 0.2) is 66.7 Å². The Labute approximate surface area is 373 Å². The van der Waals surface area contributed by atoms with Gasteiger partial charge in [0.1, 0.15) is 23.9 Å². The van der Waals surface area contributed by atoms with E-state index in [0.717, 1.165) is 58.8 Å². The van der Waals surface area contributed by atoms with Crippen LogP contribution in [-0.4, -0.2) is 107 Å².